The number of hydrogen-bond donors (Lipinski definition) is 2. The molecule has 3 nitrogen and oxygen atoms in total. The van der Waals surface area contributed by atoms with Crippen LogP contribution in [0.2, 0.25) is 0 Å². The van der Waals surface area contributed by atoms with E-state index in [-0.39, 0.29) is 6.10 Å². The van der Waals surface area contributed by atoms with Gasteiger partial charge in [0.2, 0.25) is 0 Å². The van der Waals surface area contributed by atoms with E-state index in [4.69, 9.17) is 10.5 Å². The van der Waals surface area contributed by atoms with E-state index in [9.17, 15) is 0 Å². The number of para-hydroxylation sites is 1. The van der Waals surface area contributed by atoms with Crippen LogP contribution in [0, 0.1) is 0 Å². The Labute approximate surface area is 123 Å². The van der Waals surface area contributed by atoms with E-state index >= 15 is 0 Å². The van der Waals surface area contributed by atoms with E-state index in [1.807, 2.05) is 32.0 Å². The molecule has 0 fully saturated rings. The summed E-state index contributed by atoms with van der Waals surface area (Å²) in [6.45, 7) is 8.47. The van der Waals surface area contributed by atoms with Crippen molar-refractivity contribution >= 4 is 11.4 Å². The van der Waals surface area contributed by atoms with Gasteiger partial charge in [0.05, 0.1) is 17.5 Å². The van der Waals surface area contributed by atoms with Crippen LogP contribution in [0.5, 0.6) is 5.75 Å². The highest BCUT2D eigenvalue weighted by molar-refractivity contribution is 5.73. The number of rotatable bonds is 9. The van der Waals surface area contributed by atoms with Crippen molar-refractivity contribution in [3.8, 4) is 5.75 Å². The maximum absolute atomic E-state index is 6.17. The minimum absolute atomic E-state index is 0.138. The lowest BCUT2D eigenvalue weighted by Gasteiger charge is -2.19. The van der Waals surface area contributed by atoms with Gasteiger partial charge in [0.15, 0.2) is 0 Å². The van der Waals surface area contributed by atoms with Gasteiger partial charge in [0, 0.05) is 6.04 Å². The van der Waals surface area contributed by atoms with E-state index in [0.717, 1.165) is 11.4 Å². The third kappa shape index (κ3) is 5.72. The Kier molecular flexibility index (Phi) is 7.27. The minimum Gasteiger partial charge on any atom is -0.489 e. The zero-order valence-electron chi connectivity index (χ0n) is 13.4. The average molecular weight is 278 g/mol. The van der Waals surface area contributed by atoms with Crippen molar-refractivity contribution in [2.75, 3.05) is 11.1 Å². The van der Waals surface area contributed by atoms with E-state index < -0.39 is 0 Å². The van der Waals surface area contributed by atoms with Crippen molar-refractivity contribution in [3.05, 3.63) is 18.2 Å². The molecule has 20 heavy (non-hydrogen) atoms. The van der Waals surface area contributed by atoms with Crippen molar-refractivity contribution in [2.24, 2.45) is 0 Å². The molecule has 3 N–H and O–H groups in total. The predicted octanol–water partition coefficient (Wildman–Crippen LogP) is 4.83. The standard InChI is InChI=1S/C17H30N2O/c1-5-6-7-8-10-14(4)19-15-11-9-12-16(17(15)18)20-13(2)3/h9,11-14,19H,5-8,10,18H2,1-4H3. The summed E-state index contributed by atoms with van der Waals surface area (Å²) in [5.74, 6) is 0.767. The van der Waals surface area contributed by atoms with Crippen LogP contribution in [0.25, 0.3) is 0 Å². The number of anilines is 2. The second kappa shape index (κ2) is 8.72. The van der Waals surface area contributed by atoms with Crippen LogP contribution < -0.4 is 15.8 Å². The maximum atomic E-state index is 6.17. The number of ether oxygens (including phenoxy) is 1. The Balaban J connectivity index is 2.54. The highest BCUT2D eigenvalue weighted by atomic mass is 16.5. The first-order valence-corrected chi connectivity index (χ1v) is 7.86. The van der Waals surface area contributed by atoms with Crippen molar-refractivity contribution in [2.45, 2.75) is 71.9 Å². The Bertz CT molecular complexity index is 391. The Morgan fingerprint density at radius 2 is 1.90 bits per heavy atom. The quantitative estimate of drug-likeness (QED) is 0.502. The first kappa shape index (κ1) is 16.7. The molecule has 1 aromatic carbocycles. The molecule has 0 spiro atoms. The summed E-state index contributed by atoms with van der Waals surface area (Å²) >= 11 is 0. The van der Waals surface area contributed by atoms with E-state index in [0.29, 0.717) is 11.7 Å². The SMILES string of the molecule is CCCCCCC(C)Nc1cccc(OC(C)C)c1N. The molecule has 0 aliphatic heterocycles. The number of nitrogens with two attached hydrogens (primary N) is 1. The fourth-order valence-corrected chi connectivity index (χ4v) is 2.24. The smallest absolute Gasteiger partial charge is 0.144 e. The van der Waals surface area contributed by atoms with Crippen LogP contribution in [0.1, 0.15) is 59.8 Å². The van der Waals surface area contributed by atoms with Gasteiger partial charge in [-0.25, -0.2) is 0 Å². The van der Waals surface area contributed by atoms with Gasteiger partial charge in [-0.1, -0.05) is 38.7 Å². The van der Waals surface area contributed by atoms with Crippen LogP contribution in [-0.4, -0.2) is 12.1 Å². The van der Waals surface area contributed by atoms with Crippen LogP contribution in [0.15, 0.2) is 18.2 Å². The highest BCUT2D eigenvalue weighted by Gasteiger charge is 2.09. The number of unbranched alkanes of at least 4 members (excludes halogenated alkanes) is 3. The number of nitrogens with one attached hydrogen (secondary N) is 1. The zero-order valence-corrected chi connectivity index (χ0v) is 13.4. The number of hydrogen-bond acceptors (Lipinski definition) is 3. The van der Waals surface area contributed by atoms with E-state index in [1.165, 1.54) is 32.1 Å². The summed E-state index contributed by atoms with van der Waals surface area (Å²) in [4.78, 5) is 0. The molecule has 1 unspecified atom stereocenters. The zero-order chi connectivity index (χ0) is 15.0. The largest absolute Gasteiger partial charge is 0.489 e. The van der Waals surface area contributed by atoms with Gasteiger partial charge in [-0.15, -0.1) is 0 Å². The molecule has 1 rings (SSSR count). The van der Waals surface area contributed by atoms with Crippen LogP contribution in [-0.2, 0) is 0 Å². The van der Waals surface area contributed by atoms with Gasteiger partial charge in [-0.3, -0.25) is 0 Å². The molecule has 3 heteroatoms. The number of nitrogen functional groups attached to an aromatic ring is 1. The normalized spacial score (nSPS) is 12.4. The lowest BCUT2D eigenvalue weighted by molar-refractivity contribution is 0.244. The minimum atomic E-state index is 0.138. The van der Waals surface area contributed by atoms with Crippen LogP contribution in [0.4, 0.5) is 11.4 Å². The van der Waals surface area contributed by atoms with Crippen LogP contribution in [0.3, 0.4) is 0 Å². The van der Waals surface area contributed by atoms with Gasteiger partial charge in [0.25, 0.3) is 0 Å². The van der Waals surface area contributed by atoms with Crippen molar-refractivity contribution < 1.29 is 4.74 Å². The molecule has 0 aliphatic carbocycles. The molecular weight excluding hydrogens is 248 g/mol. The first-order chi connectivity index (χ1) is 9.54. The molecule has 1 atom stereocenters. The predicted molar refractivity (Wildman–Crippen MR) is 88.5 cm³/mol. The Hall–Kier alpha value is -1.38. The number of benzene rings is 1. The maximum Gasteiger partial charge on any atom is 0.144 e. The third-order valence-corrected chi connectivity index (χ3v) is 3.32. The van der Waals surface area contributed by atoms with Gasteiger partial charge in [0.1, 0.15) is 5.75 Å². The average Bonchev–Trinajstić information content (AvgIpc) is 2.39. The topological polar surface area (TPSA) is 47.3 Å². The fourth-order valence-electron chi connectivity index (χ4n) is 2.24. The highest BCUT2D eigenvalue weighted by Crippen LogP contribution is 2.30. The van der Waals surface area contributed by atoms with Gasteiger partial charge < -0.3 is 15.8 Å². The fraction of sp³-hybridized carbons (Fsp3) is 0.647. The molecule has 0 amide bonds. The summed E-state index contributed by atoms with van der Waals surface area (Å²) < 4.78 is 5.72. The molecule has 0 radical (unpaired) electrons. The molecule has 0 aromatic heterocycles. The van der Waals surface area contributed by atoms with Crippen molar-refractivity contribution in [1.82, 2.24) is 0 Å². The van der Waals surface area contributed by atoms with Gasteiger partial charge >= 0.3 is 0 Å². The molecule has 0 bridgehead atoms. The monoisotopic (exact) mass is 278 g/mol. The molecular formula is C17H30N2O. The molecule has 114 valence electrons. The molecule has 0 aliphatic rings. The lowest BCUT2D eigenvalue weighted by atomic mass is 10.1. The van der Waals surface area contributed by atoms with Gasteiger partial charge in [-0.05, 0) is 39.3 Å². The summed E-state index contributed by atoms with van der Waals surface area (Å²) in [6.07, 6.45) is 6.50. The second-order valence-corrected chi connectivity index (χ2v) is 5.78. The Morgan fingerprint density at radius 1 is 1.15 bits per heavy atom. The molecule has 0 heterocycles. The summed E-state index contributed by atoms with van der Waals surface area (Å²) in [5.41, 5.74) is 7.86. The van der Waals surface area contributed by atoms with Crippen LogP contribution >= 0.6 is 0 Å². The molecule has 1 aromatic rings. The first-order valence-electron chi connectivity index (χ1n) is 7.86. The molecule has 0 saturated carbocycles. The summed E-state index contributed by atoms with van der Waals surface area (Å²) in [5, 5.41) is 3.50. The van der Waals surface area contributed by atoms with E-state index in [1.54, 1.807) is 0 Å². The third-order valence-electron chi connectivity index (χ3n) is 3.32. The van der Waals surface area contributed by atoms with E-state index in [2.05, 4.69) is 19.2 Å². The van der Waals surface area contributed by atoms with Gasteiger partial charge in [-0.2, -0.15) is 0 Å². The Morgan fingerprint density at radius 3 is 2.55 bits per heavy atom. The van der Waals surface area contributed by atoms with Crippen molar-refractivity contribution in [3.63, 3.8) is 0 Å². The lowest BCUT2D eigenvalue weighted by Crippen LogP contribution is -2.16. The summed E-state index contributed by atoms with van der Waals surface area (Å²) in [7, 11) is 0. The summed E-state index contributed by atoms with van der Waals surface area (Å²) in [6, 6.07) is 6.36. The second-order valence-electron chi connectivity index (χ2n) is 5.78. The molecule has 0 saturated heterocycles. The van der Waals surface area contributed by atoms with Crippen molar-refractivity contribution in [1.29, 1.82) is 0 Å².